The molecule has 0 radical (unpaired) electrons. The molecular formula is C20H17ClF3IN5O2+. The molecule has 0 fully saturated rings. The van der Waals surface area contributed by atoms with Crippen LogP contribution in [0.5, 0.6) is 0 Å². The maximum absolute atomic E-state index is 13.4. The van der Waals surface area contributed by atoms with E-state index in [4.69, 9.17) is 11.6 Å². The summed E-state index contributed by atoms with van der Waals surface area (Å²) in [7, 11) is 0. The van der Waals surface area contributed by atoms with Gasteiger partial charge in [-0.05, 0) is 71.3 Å². The molecule has 1 aromatic carbocycles. The minimum atomic E-state index is -4.74. The number of nitrogens with zero attached hydrogens (tertiary/aromatic N) is 2. The van der Waals surface area contributed by atoms with Crippen molar-refractivity contribution in [2.75, 3.05) is 11.9 Å². The van der Waals surface area contributed by atoms with Crippen LogP contribution in [-0.4, -0.2) is 28.4 Å². The van der Waals surface area contributed by atoms with Crippen molar-refractivity contribution in [2.45, 2.75) is 20.0 Å². The average Bonchev–Trinajstić information content (AvgIpc) is 3.16. The second-order valence-electron chi connectivity index (χ2n) is 6.66. The van der Waals surface area contributed by atoms with E-state index in [1.165, 1.54) is 18.3 Å². The minimum absolute atomic E-state index is 0.0376. The number of alkyl halides is 3. The molecule has 7 nitrogen and oxygen atoms in total. The largest absolute Gasteiger partial charge is 0.434 e. The van der Waals surface area contributed by atoms with Crippen LogP contribution in [0.3, 0.4) is 0 Å². The van der Waals surface area contributed by atoms with Gasteiger partial charge in [0.2, 0.25) is 5.69 Å². The van der Waals surface area contributed by atoms with Crippen LogP contribution in [0.1, 0.15) is 39.0 Å². The summed E-state index contributed by atoms with van der Waals surface area (Å²) >= 11 is 8.13. The van der Waals surface area contributed by atoms with Gasteiger partial charge in [-0.15, -0.1) is 4.68 Å². The van der Waals surface area contributed by atoms with Gasteiger partial charge in [-0.3, -0.25) is 9.59 Å². The van der Waals surface area contributed by atoms with Crippen molar-refractivity contribution in [1.29, 1.82) is 0 Å². The van der Waals surface area contributed by atoms with E-state index in [-0.39, 0.29) is 22.1 Å². The molecule has 0 saturated heterocycles. The third-order valence-corrected chi connectivity index (χ3v) is 5.28. The summed E-state index contributed by atoms with van der Waals surface area (Å²) in [5.41, 5.74) is -0.598. The highest BCUT2D eigenvalue weighted by Crippen LogP contribution is 2.29. The minimum Gasteiger partial charge on any atom is -0.352 e. The molecule has 32 heavy (non-hydrogen) atoms. The summed E-state index contributed by atoms with van der Waals surface area (Å²) in [5, 5.41) is 7.40. The van der Waals surface area contributed by atoms with Crippen molar-refractivity contribution in [3.63, 3.8) is 0 Å². The molecule has 2 amide bonds. The van der Waals surface area contributed by atoms with Crippen molar-refractivity contribution in [3.8, 4) is 5.82 Å². The fourth-order valence-electron chi connectivity index (χ4n) is 2.96. The molecule has 0 bridgehead atoms. The molecule has 0 unspecified atom stereocenters. The fraction of sp³-hybridized carbons (Fsp3) is 0.200. The van der Waals surface area contributed by atoms with Crippen LogP contribution in [0.25, 0.3) is 5.82 Å². The molecule has 2 heterocycles. The lowest BCUT2D eigenvalue weighted by Crippen LogP contribution is -2.42. The van der Waals surface area contributed by atoms with Crippen LogP contribution in [-0.2, 0) is 6.18 Å². The summed E-state index contributed by atoms with van der Waals surface area (Å²) < 4.78 is 41.7. The van der Waals surface area contributed by atoms with Crippen LogP contribution < -0.4 is 15.3 Å². The molecule has 3 aromatic rings. The van der Waals surface area contributed by atoms with Crippen LogP contribution >= 0.6 is 34.2 Å². The number of nitrogens with one attached hydrogen (secondary N) is 3. The van der Waals surface area contributed by atoms with Crippen LogP contribution in [0.4, 0.5) is 18.9 Å². The SMILES string of the molecule is CCNC(=O)c1cc(I)cc(C)c1NC(=O)c1cc(C(F)(F)F)[nH][n+]1-c1ncccc1Cl. The number of aromatic nitrogens is 3. The summed E-state index contributed by atoms with van der Waals surface area (Å²) in [5.74, 6) is -1.39. The molecule has 0 aliphatic heterocycles. The lowest BCUT2D eigenvalue weighted by molar-refractivity contribution is -0.661. The summed E-state index contributed by atoms with van der Waals surface area (Å²) in [6, 6.07) is 6.92. The Morgan fingerprint density at radius 3 is 2.59 bits per heavy atom. The number of aryl methyl sites for hydroxylation is 1. The Bertz CT molecular complexity index is 1200. The van der Waals surface area contributed by atoms with Gasteiger partial charge in [0.15, 0.2) is 5.69 Å². The lowest BCUT2D eigenvalue weighted by Gasteiger charge is -2.14. The molecule has 12 heteroatoms. The van der Waals surface area contributed by atoms with Gasteiger partial charge in [-0.25, -0.2) is 5.10 Å². The van der Waals surface area contributed by atoms with Gasteiger partial charge in [0.25, 0.3) is 11.8 Å². The van der Waals surface area contributed by atoms with E-state index in [9.17, 15) is 22.8 Å². The number of aromatic amines is 1. The molecule has 0 saturated carbocycles. The molecule has 3 rings (SSSR count). The van der Waals surface area contributed by atoms with Gasteiger partial charge in [-0.2, -0.15) is 13.2 Å². The number of halogens is 5. The summed E-state index contributed by atoms with van der Waals surface area (Å²) in [6.45, 7) is 3.79. The Morgan fingerprint density at radius 1 is 1.25 bits per heavy atom. The van der Waals surface area contributed by atoms with E-state index in [0.717, 1.165) is 8.25 Å². The molecule has 0 aliphatic rings. The predicted molar refractivity (Wildman–Crippen MR) is 120 cm³/mol. The van der Waals surface area contributed by atoms with E-state index >= 15 is 0 Å². The second-order valence-corrected chi connectivity index (χ2v) is 8.31. The fourth-order valence-corrected chi connectivity index (χ4v) is 3.94. The Balaban J connectivity index is 2.11. The van der Waals surface area contributed by atoms with Crippen molar-refractivity contribution in [2.24, 2.45) is 0 Å². The van der Waals surface area contributed by atoms with Crippen LogP contribution in [0, 0.1) is 10.5 Å². The van der Waals surface area contributed by atoms with Gasteiger partial charge in [0.1, 0.15) is 11.2 Å². The van der Waals surface area contributed by atoms with E-state index in [0.29, 0.717) is 18.2 Å². The average molecular weight is 579 g/mol. The molecule has 3 N–H and O–H groups in total. The number of amides is 2. The number of anilines is 1. The maximum atomic E-state index is 13.4. The first-order valence-electron chi connectivity index (χ1n) is 9.25. The third kappa shape index (κ3) is 5.04. The third-order valence-electron chi connectivity index (χ3n) is 4.36. The second kappa shape index (κ2) is 9.45. The molecule has 2 aromatic heterocycles. The highest BCUT2D eigenvalue weighted by Gasteiger charge is 2.38. The number of rotatable bonds is 5. The van der Waals surface area contributed by atoms with Gasteiger partial charge in [0.05, 0.1) is 11.3 Å². The van der Waals surface area contributed by atoms with Gasteiger partial charge in [-0.1, -0.05) is 11.6 Å². The lowest BCUT2D eigenvalue weighted by atomic mass is 10.1. The standard InChI is InChI=1S/C20H16ClF3IN5O2/c1-3-26-18(31)12-8-11(25)7-10(2)16(12)28-19(32)14-9-15(20(22,23)24)29-30(14)17-13(21)5-4-6-27-17/h4-9H,3H2,1-2H3,(H2,26,28,31,32)/p+1. The zero-order chi connectivity index (χ0) is 23.6. The Morgan fingerprint density at radius 2 is 1.97 bits per heavy atom. The van der Waals surface area contributed by atoms with Crippen LogP contribution in [0.2, 0.25) is 5.02 Å². The molecule has 0 spiro atoms. The van der Waals surface area contributed by atoms with Gasteiger partial charge < -0.3 is 10.6 Å². The number of hydrogen-bond acceptors (Lipinski definition) is 3. The number of carbonyl (C=O) groups excluding carboxylic acids is 2. The Labute approximate surface area is 199 Å². The van der Waals surface area contributed by atoms with E-state index < -0.39 is 29.4 Å². The number of benzene rings is 1. The maximum Gasteiger partial charge on any atom is 0.434 e. The first kappa shape index (κ1) is 24.0. The highest BCUT2D eigenvalue weighted by molar-refractivity contribution is 14.1. The van der Waals surface area contributed by atoms with Crippen molar-refractivity contribution in [3.05, 3.63) is 67.6 Å². The van der Waals surface area contributed by atoms with Crippen molar-refractivity contribution in [1.82, 2.24) is 15.4 Å². The molecular weight excluding hydrogens is 562 g/mol. The van der Waals surface area contributed by atoms with Crippen molar-refractivity contribution < 1.29 is 27.4 Å². The van der Waals surface area contributed by atoms with Gasteiger partial charge in [0, 0.05) is 16.2 Å². The van der Waals surface area contributed by atoms with E-state index in [1.807, 2.05) is 22.6 Å². The first-order chi connectivity index (χ1) is 15.0. The van der Waals surface area contributed by atoms with E-state index in [2.05, 4.69) is 20.7 Å². The smallest absolute Gasteiger partial charge is 0.352 e. The molecule has 168 valence electrons. The summed E-state index contributed by atoms with van der Waals surface area (Å²) in [4.78, 5) is 29.6. The summed E-state index contributed by atoms with van der Waals surface area (Å²) in [6.07, 6.45) is -3.41. The monoisotopic (exact) mass is 578 g/mol. The predicted octanol–water partition coefficient (Wildman–Crippen LogP) is 4.27. The number of hydrogen-bond donors (Lipinski definition) is 3. The van der Waals surface area contributed by atoms with Gasteiger partial charge >= 0.3 is 12.0 Å². The first-order valence-corrected chi connectivity index (χ1v) is 10.7. The topological polar surface area (TPSA) is 90.8 Å². The van der Waals surface area contributed by atoms with E-state index in [1.54, 1.807) is 26.0 Å². The highest BCUT2D eigenvalue weighted by atomic mass is 127. The quantitative estimate of drug-likeness (QED) is 0.312. The van der Waals surface area contributed by atoms with Crippen molar-refractivity contribution >= 4 is 51.7 Å². The Hall–Kier alpha value is -2.67. The molecule has 0 atom stereocenters. The van der Waals surface area contributed by atoms with Crippen LogP contribution in [0.15, 0.2) is 36.5 Å². The Kier molecular flexibility index (Phi) is 7.08. The zero-order valence-corrected chi connectivity index (χ0v) is 19.7. The normalized spacial score (nSPS) is 11.3. The number of pyridine rings is 1. The molecule has 0 aliphatic carbocycles. The number of carbonyl (C=O) groups is 2. The number of H-pyrrole nitrogens is 1. The zero-order valence-electron chi connectivity index (χ0n) is 16.8.